The molecule has 0 aliphatic carbocycles. The first kappa shape index (κ1) is 11.9. The van der Waals surface area contributed by atoms with Crippen molar-refractivity contribution in [2.24, 2.45) is 0 Å². The van der Waals surface area contributed by atoms with Crippen molar-refractivity contribution >= 4 is 39.8 Å². The summed E-state index contributed by atoms with van der Waals surface area (Å²) in [5, 5.41) is 13.6. The van der Waals surface area contributed by atoms with Gasteiger partial charge in [-0.1, -0.05) is 0 Å². The molecule has 1 amide bonds. The van der Waals surface area contributed by atoms with Crippen LogP contribution in [0.15, 0.2) is 11.4 Å². The summed E-state index contributed by atoms with van der Waals surface area (Å²) in [6.45, 7) is 2.22. The van der Waals surface area contributed by atoms with Crippen molar-refractivity contribution in [3.8, 4) is 0 Å². The molecule has 1 aromatic rings. The molecule has 0 bridgehead atoms. The Morgan fingerprint density at radius 1 is 1.79 bits per heavy atom. The second kappa shape index (κ2) is 5.67. The normalized spacial score (nSPS) is 12.5. The minimum atomic E-state index is -0.363. The van der Waals surface area contributed by atoms with Crippen molar-refractivity contribution in [1.82, 2.24) is 5.32 Å². The van der Waals surface area contributed by atoms with Crippen molar-refractivity contribution in [1.29, 1.82) is 0 Å². The van der Waals surface area contributed by atoms with E-state index in [9.17, 15) is 4.79 Å². The molecule has 78 valence electrons. The van der Waals surface area contributed by atoms with Gasteiger partial charge in [0.15, 0.2) is 0 Å². The van der Waals surface area contributed by atoms with E-state index in [1.54, 1.807) is 18.3 Å². The quantitative estimate of drug-likeness (QED) is 0.830. The monoisotopic (exact) mass is 325 g/mol. The highest BCUT2D eigenvalue weighted by Gasteiger charge is 2.07. The molecule has 1 unspecified atom stereocenters. The first-order chi connectivity index (χ1) is 6.59. The Labute approximate surface area is 101 Å². The highest BCUT2D eigenvalue weighted by atomic mass is 127. The van der Waals surface area contributed by atoms with Crippen LogP contribution in [-0.4, -0.2) is 23.7 Å². The lowest BCUT2D eigenvalue weighted by Crippen LogP contribution is -2.26. The lowest BCUT2D eigenvalue weighted by atomic mass is 10.2. The topological polar surface area (TPSA) is 49.3 Å². The molecule has 5 heteroatoms. The number of carbonyl (C=O) groups excluding carboxylic acids is 1. The summed E-state index contributed by atoms with van der Waals surface area (Å²) in [5.41, 5.74) is 0.699. The third-order valence-corrected chi connectivity index (χ3v) is 3.47. The van der Waals surface area contributed by atoms with Gasteiger partial charge in [-0.2, -0.15) is 0 Å². The standard InChI is InChI=1S/C9H12INO2S/c1-6(12)2-3-11-9(13)7-4-8(10)14-5-7/h4-6,12H,2-3H2,1H3,(H,11,13). The van der Waals surface area contributed by atoms with Crippen LogP contribution in [0, 0.1) is 2.88 Å². The molecule has 0 spiro atoms. The number of aliphatic hydroxyl groups excluding tert-OH is 1. The molecule has 1 aromatic heterocycles. The molecule has 0 fully saturated rings. The molecule has 3 nitrogen and oxygen atoms in total. The van der Waals surface area contributed by atoms with Crippen LogP contribution in [-0.2, 0) is 0 Å². The van der Waals surface area contributed by atoms with Gasteiger partial charge in [0.05, 0.1) is 14.6 Å². The van der Waals surface area contributed by atoms with E-state index >= 15 is 0 Å². The fraction of sp³-hybridized carbons (Fsp3) is 0.444. The number of aliphatic hydroxyl groups is 1. The highest BCUT2D eigenvalue weighted by molar-refractivity contribution is 14.1. The Hall–Kier alpha value is -0.140. The molecule has 0 radical (unpaired) electrons. The summed E-state index contributed by atoms with van der Waals surface area (Å²) < 4.78 is 1.10. The molecular weight excluding hydrogens is 313 g/mol. The van der Waals surface area contributed by atoms with E-state index in [1.807, 2.05) is 11.4 Å². The number of thiophene rings is 1. The predicted octanol–water partition coefficient (Wildman–Crippen LogP) is 1.85. The molecule has 0 saturated carbocycles. The van der Waals surface area contributed by atoms with Crippen molar-refractivity contribution in [3.63, 3.8) is 0 Å². The molecule has 1 heterocycles. The van der Waals surface area contributed by atoms with E-state index in [1.165, 1.54) is 0 Å². The van der Waals surface area contributed by atoms with Gasteiger partial charge in [-0.25, -0.2) is 0 Å². The summed E-state index contributed by atoms with van der Waals surface area (Å²) in [6, 6.07) is 1.85. The fourth-order valence-electron chi connectivity index (χ4n) is 0.926. The largest absolute Gasteiger partial charge is 0.393 e. The Morgan fingerprint density at radius 2 is 2.50 bits per heavy atom. The van der Waals surface area contributed by atoms with E-state index in [0.29, 0.717) is 18.5 Å². The molecule has 2 N–H and O–H groups in total. The molecule has 14 heavy (non-hydrogen) atoms. The molecular formula is C9H12INO2S. The zero-order chi connectivity index (χ0) is 10.6. The summed E-state index contributed by atoms with van der Waals surface area (Å²) in [4.78, 5) is 11.5. The number of hydrogen-bond donors (Lipinski definition) is 2. The number of halogens is 1. The van der Waals surface area contributed by atoms with Gasteiger partial charge in [0.25, 0.3) is 5.91 Å². The van der Waals surface area contributed by atoms with Gasteiger partial charge in [0, 0.05) is 11.9 Å². The van der Waals surface area contributed by atoms with Crippen LogP contribution in [0.25, 0.3) is 0 Å². The zero-order valence-electron chi connectivity index (χ0n) is 7.79. The highest BCUT2D eigenvalue weighted by Crippen LogP contribution is 2.16. The molecule has 0 aromatic carbocycles. The lowest BCUT2D eigenvalue weighted by molar-refractivity contribution is 0.0946. The number of carbonyl (C=O) groups is 1. The maximum Gasteiger partial charge on any atom is 0.252 e. The van der Waals surface area contributed by atoms with Crippen molar-refractivity contribution in [2.45, 2.75) is 19.4 Å². The summed E-state index contributed by atoms with van der Waals surface area (Å²) in [6.07, 6.45) is 0.227. The zero-order valence-corrected chi connectivity index (χ0v) is 10.8. The van der Waals surface area contributed by atoms with Gasteiger partial charge in [-0.15, -0.1) is 11.3 Å². The number of amides is 1. The Balaban J connectivity index is 2.36. The SMILES string of the molecule is CC(O)CCNC(=O)c1csc(I)c1. The van der Waals surface area contributed by atoms with Crippen molar-refractivity contribution in [3.05, 3.63) is 19.9 Å². The van der Waals surface area contributed by atoms with Gasteiger partial charge in [-0.3, -0.25) is 4.79 Å². The Kier molecular flexibility index (Phi) is 4.83. The van der Waals surface area contributed by atoms with Crippen molar-refractivity contribution < 1.29 is 9.90 Å². The summed E-state index contributed by atoms with van der Waals surface area (Å²) in [7, 11) is 0. The maximum absolute atomic E-state index is 11.5. The Bertz CT molecular complexity index is 312. The maximum atomic E-state index is 11.5. The van der Waals surface area contributed by atoms with E-state index in [-0.39, 0.29) is 12.0 Å². The minimum absolute atomic E-state index is 0.0650. The number of rotatable bonds is 4. The van der Waals surface area contributed by atoms with Gasteiger partial charge in [-0.05, 0) is 42.0 Å². The smallest absolute Gasteiger partial charge is 0.252 e. The van der Waals surface area contributed by atoms with E-state index in [4.69, 9.17) is 5.11 Å². The fourth-order valence-corrected chi connectivity index (χ4v) is 2.25. The molecule has 0 aliphatic rings. The minimum Gasteiger partial charge on any atom is -0.393 e. The van der Waals surface area contributed by atoms with Gasteiger partial charge in [0.2, 0.25) is 0 Å². The number of hydrogen-bond acceptors (Lipinski definition) is 3. The van der Waals surface area contributed by atoms with Crippen LogP contribution in [0.3, 0.4) is 0 Å². The first-order valence-corrected chi connectivity index (χ1v) is 6.25. The van der Waals surface area contributed by atoms with Crippen LogP contribution >= 0.6 is 33.9 Å². The predicted molar refractivity (Wildman–Crippen MR) is 65.7 cm³/mol. The van der Waals surface area contributed by atoms with Gasteiger partial charge in [0.1, 0.15) is 0 Å². The molecule has 0 saturated heterocycles. The lowest BCUT2D eigenvalue weighted by Gasteiger charge is -2.05. The number of nitrogens with one attached hydrogen (secondary N) is 1. The molecule has 1 rings (SSSR count). The average Bonchev–Trinajstić information content (AvgIpc) is 2.51. The first-order valence-electron chi connectivity index (χ1n) is 4.30. The molecule has 1 atom stereocenters. The van der Waals surface area contributed by atoms with Crippen LogP contribution in [0.2, 0.25) is 0 Å². The second-order valence-corrected chi connectivity index (χ2v) is 5.84. The van der Waals surface area contributed by atoms with Crippen LogP contribution in [0.5, 0.6) is 0 Å². The van der Waals surface area contributed by atoms with Gasteiger partial charge >= 0.3 is 0 Å². The summed E-state index contributed by atoms with van der Waals surface area (Å²) in [5.74, 6) is -0.0650. The van der Waals surface area contributed by atoms with E-state index < -0.39 is 0 Å². The molecule has 0 aliphatic heterocycles. The van der Waals surface area contributed by atoms with Crippen molar-refractivity contribution in [2.75, 3.05) is 6.54 Å². The summed E-state index contributed by atoms with van der Waals surface area (Å²) >= 11 is 3.73. The average molecular weight is 325 g/mol. The second-order valence-electron chi connectivity index (χ2n) is 3.03. The van der Waals surface area contributed by atoms with Crippen LogP contribution < -0.4 is 5.32 Å². The van der Waals surface area contributed by atoms with Gasteiger partial charge < -0.3 is 10.4 Å². The van der Waals surface area contributed by atoms with Crippen LogP contribution in [0.1, 0.15) is 23.7 Å². The van der Waals surface area contributed by atoms with E-state index in [0.717, 1.165) is 2.88 Å². The Morgan fingerprint density at radius 3 is 3.00 bits per heavy atom. The van der Waals surface area contributed by atoms with E-state index in [2.05, 4.69) is 27.9 Å². The third-order valence-electron chi connectivity index (χ3n) is 1.68. The third kappa shape index (κ3) is 3.93. The van der Waals surface area contributed by atoms with Crippen LogP contribution in [0.4, 0.5) is 0 Å².